The van der Waals surface area contributed by atoms with Crippen molar-refractivity contribution in [2.24, 2.45) is 0 Å². The standard InChI is InChI=1S/C13H16O3/c1-3-4-10-5-6-12(13(7-10)14-2)16-9-11-8-15-11/h3-7,11H,8-9H2,1-2H3. The minimum absolute atomic E-state index is 0.264. The minimum atomic E-state index is 0.264. The summed E-state index contributed by atoms with van der Waals surface area (Å²) in [6.07, 6.45) is 4.28. The van der Waals surface area contributed by atoms with Crippen molar-refractivity contribution in [1.82, 2.24) is 0 Å². The first kappa shape index (κ1) is 11.0. The van der Waals surface area contributed by atoms with Crippen LogP contribution in [-0.2, 0) is 4.74 Å². The molecule has 16 heavy (non-hydrogen) atoms. The van der Waals surface area contributed by atoms with Gasteiger partial charge in [-0.15, -0.1) is 0 Å². The molecular weight excluding hydrogens is 204 g/mol. The van der Waals surface area contributed by atoms with Gasteiger partial charge in [-0.3, -0.25) is 0 Å². The number of epoxide rings is 1. The van der Waals surface area contributed by atoms with Crippen LogP contribution in [-0.4, -0.2) is 26.4 Å². The quantitative estimate of drug-likeness (QED) is 0.714. The number of ether oxygens (including phenoxy) is 3. The molecule has 0 aliphatic carbocycles. The Hall–Kier alpha value is -1.48. The molecule has 1 aliphatic heterocycles. The van der Waals surface area contributed by atoms with Gasteiger partial charge in [0.15, 0.2) is 11.5 Å². The lowest BCUT2D eigenvalue weighted by Gasteiger charge is -2.10. The van der Waals surface area contributed by atoms with Gasteiger partial charge in [0.25, 0.3) is 0 Å². The third kappa shape index (κ3) is 2.76. The number of hydrogen-bond acceptors (Lipinski definition) is 3. The van der Waals surface area contributed by atoms with Crippen LogP contribution in [0.15, 0.2) is 24.3 Å². The number of benzene rings is 1. The molecule has 1 unspecified atom stereocenters. The van der Waals surface area contributed by atoms with Crippen LogP contribution in [0.25, 0.3) is 6.08 Å². The first-order valence-corrected chi connectivity index (χ1v) is 5.38. The van der Waals surface area contributed by atoms with Crippen molar-refractivity contribution < 1.29 is 14.2 Å². The lowest BCUT2D eigenvalue weighted by molar-refractivity contribution is 0.252. The Balaban J connectivity index is 2.09. The van der Waals surface area contributed by atoms with Crippen molar-refractivity contribution in [3.05, 3.63) is 29.8 Å². The Kier molecular flexibility index (Phi) is 3.47. The summed E-state index contributed by atoms with van der Waals surface area (Å²) in [4.78, 5) is 0. The zero-order valence-corrected chi connectivity index (χ0v) is 9.60. The van der Waals surface area contributed by atoms with Gasteiger partial charge in [0.05, 0.1) is 13.7 Å². The van der Waals surface area contributed by atoms with Gasteiger partial charge in [0.2, 0.25) is 0 Å². The number of methoxy groups -OCH3 is 1. The third-order valence-electron chi connectivity index (χ3n) is 2.37. The summed E-state index contributed by atoms with van der Waals surface area (Å²) >= 11 is 0. The van der Waals surface area contributed by atoms with E-state index in [2.05, 4.69) is 0 Å². The molecule has 1 aromatic carbocycles. The number of allylic oxidation sites excluding steroid dienone is 1. The van der Waals surface area contributed by atoms with Crippen LogP contribution < -0.4 is 9.47 Å². The van der Waals surface area contributed by atoms with Gasteiger partial charge in [-0.05, 0) is 24.6 Å². The summed E-state index contributed by atoms with van der Waals surface area (Å²) in [7, 11) is 1.65. The average molecular weight is 220 g/mol. The molecule has 0 aromatic heterocycles. The molecule has 3 heteroatoms. The zero-order chi connectivity index (χ0) is 11.4. The fourth-order valence-corrected chi connectivity index (χ4v) is 1.45. The van der Waals surface area contributed by atoms with Gasteiger partial charge in [-0.1, -0.05) is 18.2 Å². The van der Waals surface area contributed by atoms with Crippen LogP contribution in [0.4, 0.5) is 0 Å². The van der Waals surface area contributed by atoms with E-state index in [4.69, 9.17) is 14.2 Å². The van der Waals surface area contributed by atoms with E-state index >= 15 is 0 Å². The van der Waals surface area contributed by atoms with E-state index in [9.17, 15) is 0 Å². The Morgan fingerprint density at radius 3 is 2.88 bits per heavy atom. The van der Waals surface area contributed by atoms with Gasteiger partial charge in [-0.2, -0.15) is 0 Å². The van der Waals surface area contributed by atoms with Crippen LogP contribution in [0.2, 0.25) is 0 Å². The molecular formula is C13H16O3. The smallest absolute Gasteiger partial charge is 0.161 e. The van der Waals surface area contributed by atoms with Crippen molar-refractivity contribution in [3.63, 3.8) is 0 Å². The van der Waals surface area contributed by atoms with E-state index in [1.807, 2.05) is 37.3 Å². The highest BCUT2D eigenvalue weighted by Crippen LogP contribution is 2.29. The first-order chi connectivity index (χ1) is 7.83. The molecule has 1 aromatic rings. The molecule has 1 saturated heterocycles. The second kappa shape index (κ2) is 5.03. The van der Waals surface area contributed by atoms with E-state index in [1.54, 1.807) is 7.11 Å². The summed E-state index contributed by atoms with van der Waals surface area (Å²) < 4.78 is 16.0. The van der Waals surface area contributed by atoms with E-state index in [-0.39, 0.29) is 6.10 Å². The van der Waals surface area contributed by atoms with Gasteiger partial charge in [-0.25, -0.2) is 0 Å². The highest BCUT2D eigenvalue weighted by molar-refractivity contribution is 5.55. The Morgan fingerprint density at radius 1 is 1.44 bits per heavy atom. The predicted molar refractivity (Wildman–Crippen MR) is 62.9 cm³/mol. The summed E-state index contributed by atoms with van der Waals surface area (Å²) in [5.74, 6) is 1.53. The fraction of sp³-hybridized carbons (Fsp3) is 0.385. The van der Waals surface area contributed by atoms with Crippen LogP contribution in [0, 0.1) is 0 Å². The molecule has 1 aliphatic rings. The van der Waals surface area contributed by atoms with Crippen molar-refractivity contribution in [3.8, 4) is 11.5 Å². The van der Waals surface area contributed by atoms with E-state index in [0.29, 0.717) is 6.61 Å². The summed E-state index contributed by atoms with van der Waals surface area (Å²) in [5.41, 5.74) is 1.11. The fourth-order valence-electron chi connectivity index (χ4n) is 1.45. The second-order valence-electron chi connectivity index (χ2n) is 3.68. The average Bonchev–Trinajstić information content (AvgIpc) is 3.11. The molecule has 1 heterocycles. The van der Waals surface area contributed by atoms with Crippen LogP contribution in [0.5, 0.6) is 11.5 Å². The predicted octanol–water partition coefficient (Wildman–Crippen LogP) is 2.51. The third-order valence-corrected chi connectivity index (χ3v) is 2.37. The van der Waals surface area contributed by atoms with Crippen LogP contribution in [0.1, 0.15) is 12.5 Å². The zero-order valence-electron chi connectivity index (χ0n) is 9.60. The van der Waals surface area contributed by atoms with Gasteiger partial charge in [0, 0.05) is 0 Å². The maximum Gasteiger partial charge on any atom is 0.161 e. The molecule has 0 N–H and O–H groups in total. The minimum Gasteiger partial charge on any atom is -0.493 e. The van der Waals surface area contributed by atoms with Gasteiger partial charge >= 0.3 is 0 Å². The first-order valence-electron chi connectivity index (χ1n) is 5.38. The molecule has 2 rings (SSSR count). The molecule has 3 nitrogen and oxygen atoms in total. The molecule has 0 amide bonds. The highest BCUT2D eigenvalue weighted by Gasteiger charge is 2.23. The Labute approximate surface area is 95.6 Å². The second-order valence-corrected chi connectivity index (χ2v) is 3.68. The number of rotatable bonds is 5. The lowest BCUT2D eigenvalue weighted by Crippen LogP contribution is -2.05. The normalized spacial score (nSPS) is 18.8. The molecule has 1 atom stereocenters. The van der Waals surface area contributed by atoms with Crippen molar-refractivity contribution >= 4 is 6.08 Å². The summed E-state index contributed by atoms with van der Waals surface area (Å²) in [5, 5.41) is 0. The van der Waals surface area contributed by atoms with E-state index in [0.717, 1.165) is 23.7 Å². The van der Waals surface area contributed by atoms with Crippen LogP contribution >= 0.6 is 0 Å². The molecule has 86 valence electrons. The van der Waals surface area contributed by atoms with E-state index in [1.165, 1.54) is 0 Å². The Morgan fingerprint density at radius 2 is 2.25 bits per heavy atom. The monoisotopic (exact) mass is 220 g/mol. The SMILES string of the molecule is CC=Cc1ccc(OCC2CO2)c(OC)c1. The van der Waals surface area contributed by atoms with Gasteiger partial charge < -0.3 is 14.2 Å². The lowest BCUT2D eigenvalue weighted by atomic mass is 10.2. The van der Waals surface area contributed by atoms with Crippen molar-refractivity contribution in [2.75, 3.05) is 20.3 Å². The number of hydrogen-bond donors (Lipinski definition) is 0. The molecule has 0 spiro atoms. The molecule has 0 saturated carbocycles. The Bertz CT molecular complexity index is 381. The van der Waals surface area contributed by atoms with Crippen LogP contribution in [0.3, 0.4) is 0 Å². The maximum atomic E-state index is 5.61. The largest absolute Gasteiger partial charge is 0.493 e. The maximum absolute atomic E-state index is 5.61. The van der Waals surface area contributed by atoms with Crippen molar-refractivity contribution in [2.45, 2.75) is 13.0 Å². The summed E-state index contributed by atoms with van der Waals surface area (Å²) in [6, 6.07) is 5.89. The molecule has 0 radical (unpaired) electrons. The van der Waals surface area contributed by atoms with Crippen molar-refractivity contribution in [1.29, 1.82) is 0 Å². The van der Waals surface area contributed by atoms with E-state index < -0.39 is 0 Å². The summed E-state index contributed by atoms with van der Waals surface area (Å²) in [6.45, 7) is 3.39. The van der Waals surface area contributed by atoms with Gasteiger partial charge in [0.1, 0.15) is 12.7 Å². The molecule has 0 bridgehead atoms. The topological polar surface area (TPSA) is 31.0 Å². The highest BCUT2D eigenvalue weighted by atomic mass is 16.6. The molecule has 1 fully saturated rings.